The first-order valence-corrected chi connectivity index (χ1v) is 6.99. The third-order valence-corrected chi connectivity index (χ3v) is 3.66. The second-order valence-electron chi connectivity index (χ2n) is 4.95. The molecule has 1 aliphatic heterocycles. The van der Waals surface area contributed by atoms with E-state index in [0.717, 1.165) is 12.8 Å². The zero-order valence-corrected chi connectivity index (χ0v) is 12.0. The number of anilines is 1. The normalized spacial score (nSPS) is 17.6. The van der Waals surface area contributed by atoms with Crippen molar-refractivity contribution in [3.63, 3.8) is 0 Å². The number of aliphatic hydroxyl groups excluding tert-OH is 1. The monoisotopic (exact) mass is 292 g/mol. The van der Waals surface area contributed by atoms with E-state index in [1.165, 1.54) is 7.11 Å². The smallest absolute Gasteiger partial charge is 0.325 e. The molecule has 0 aliphatic carbocycles. The summed E-state index contributed by atoms with van der Waals surface area (Å²) in [6.07, 6.45) is 1.72. The van der Waals surface area contributed by atoms with Gasteiger partial charge in [0, 0.05) is 12.2 Å². The van der Waals surface area contributed by atoms with Crippen molar-refractivity contribution >= 4 is 17.6 Å². The standard InChI is InChI=1S/C15H20N2O4/c1-21-14(19)9-16-13-7-3-2-6-12(13)15(20)17-8-4-5-11(17)10-18/h2-3,6-7,11,16,18H,4-5,8-10H2,1H3/t11-/m1/s1. The highest BCUT2D eigenvalue weighted by molar-refractivity contribution is 6.00. The Morgan fingerprint density at radius 2 is 2.19 bits per heavy atom. The second-order valence-corrected chi connectivity index (χ2v) is 4.95. The first kappa shape index (κ1) is 15.3. The lowest BCUT2D eigenvalue weighted by atomic mass is 10.1. The topological polar surface area (TPSA) is 78.9 Å². The molecule has 0 saturated carbocycles. The Morgan fingerprint density at radius 3 is 2.90 bits per heavy atom. The van der Waals surface area contributed by atoms with Crippen molar-refractivity contribution in [2.75, 3.05) is 32.1 Å². The SMILES string of the molecule is COC(=O)CNc1ccccc1C(=O)N1CCC[C@@H]1CO. The van der Waals surface area contributed by atoms with Crippen molar-refractivity contribution in [1.82, 2.24) is 4.90 Å². The summed E-state index contributed by atoms with van der Waals surface area (Å²) >= 11 is 0. The van der Waals surface area contributed by atoms with Crippen LogP contribution in [-0.2, 0) is 9.53 Å². The molecule has 0 unspecified atom stereocenters. The minimum Gasteiger partial charge on any atom is -0.468 e. The maximum Gasteiger partial charge on any atom is 0.325 e. The number of benzene rings is 1. The molecule has 0 bridgehead atoms. The van der Waals surface area contributed by atoms with Crippen LogP contribution in [0, 0.1) is 0 Å². The van der Waals surface area contributed by atoms with E-state index in [0.29, 0.717) is 17.8 Å². The molecule has 6 heteroatoms. The fourth-order valence-corrected chi connectivity index (χ4v) is 2.51. The summed E-state index contributed by atoms with van der Waals surface area (Å²) in [4.78, 5) is 25.5. The number of methoxy groups -OCH3 is 1. The predicted octanol–water partition coefficient (Wildman–Crippen LogP) is 0.868. The molecule has 1 saturated heterocycles. The average molecular weight is 292 g/mol. The molecule has 21 heavy (non-hydrogen) atoms. The van der Waals surface area contributed by atoms with Crippen LogP contribution in [0.3, 0.4) is 0 Å². The number of ether oxygens (including phenoxy) is 1. The number of nitrogens with one attached hydrogen (secondary N) is 1. The lowest BCUT2D eigenvalue weighted by Gasteiger charge is -2.24. The van der Waals surface area contributed by atoms with Gasteiger partial charge in [0.15, 0.2) is 0 Å². The summed E-state index contributed by atoms with van der Waals surface area (Å²) < 4.78 is 4.58. The third-order valence-electron chi connectivity index (χ3n) is 3.66. The van der Waals surface area contributed by atoms with Gasteiger partial charge < -0.3 is 20.1 Å². The van der Waals surface area contributed by atoms with Crippen LogP contribution in [0.25, 0.3) is 0 Å². The van der Waals surface area contributed by atoms with Gasteiger partial charge in [-0.25, -0.2) is 0 Å². The lowest BCUT2D eigenvalue weighted by molar-refractivity contribution is -0.138. The van der Waals surface area contributed by atoms with Gasteiger partial charge in [-0.05, 0) is 25.0 Å². The highest BCUT2D eigenvalue weighted by atomic mass is 16.5. The van der Waals surface area contributed by atoms with Crippen LogP contribution in [0.1, 0.15) is 23.2 Å². The molecule has 1 aromatic carbocycles. The minimum atomic E-state index is -0.397. The number of nitrogens with zero attached hydrogens (tertiary/aromatic N) is 1. The van der Waals surface area contributed by atoms with Gasteiger partial charge >= 0.3 is 5.97 Å². The molecule has 1 amide bonds. The van der Waals surface area contributed by atoms with Gasteiger partial charge in [-0.1, -0.05) is 12.1 Å². The highest BCUT2D eigenvalue weighted by Crippen LogP contribution is 2.23. The minimum absolute atomic E-state index is 0.00419. The summed E-state index contributed by atoms with van der Waals surface area (Å²) in [6, 6.07) is 6.92. The first-order valence-electron chi connectivity index (χ1n) is 6.99. The van der Waals surface area contributed by atoms with Crippen molar-refractivity contribution in [3.8, 4) is 0 Å². The molecule has 1 atom stereocenters. The fraction of sp³-hybridized carbons (Fsp3) is 0.467. The molecule has 1 heterocycles. The Morgan fingerprint density at radius 1 is 1.43 bits per heavy atom. The van der Waals surface area contributed by atoms with Crippen molar-refractivity contribution in [3.05, 3.63) is 29.8 Å². The summed E-state index contributed by atoms with van der Waals surface area (Å²) in [7, 11) is 1.32. The number of amides is 1. The van der Waals surface area contributed by atoms with Crippen LogP contribution in [0.4, 0.5) is 5.69 Å². The number of hydrogen-bond acceptors (Lipinski definition) is 5. The van der Waals surface area contributed by atoms with Gasteiger partial charge in [0.25, 0.3) is 5.91 Å². The van der Waals surface area contributed by atoms with Gasteiger partial charge in [-0.2, -0.15) is 0 Å². The molecule has 114 valence electrons. The first-order chi connectivity index (χ1) is 10.2. The zero-order valence-electron chi connectivity index (χ0n) is 12.0. The summed E-state index contributed by atoms with van der Waals surface area (Å²) in [5.74, 6) is -0.522. The molecule has 2 rings (SSSR count). The highest BCUT2D eigenvalue weighted by Gasteiger charge is 2.29. The Kier molecular flexibility index (Phi) is 5.16. The van der Waals surface area contributed by atoms with Crippen LogP contribution >= 0.6 is 0 Å². The summed E-state index contributed by atoms with van der Waals surface area (Å²) in [5, 5.41) is 12.3. The molecule has 2 N–H and O–H groups in total. The molecular weight excluding hydrogens is 272 g/mol. The maximum atomic E-state index is 12.6. The van der Waals surface area contributed by atoms with Gasteiger partial charge in [-0.3, -0.25) is 9.59 Å². The molecule has 0 radical (unpaired) electrons. The number of hydrogen-bond donors (Lipinski definition) is 2. The second kappa shape index (κ2) is 7.08. The van der Waals surface area contributed by atoms with E-state index in [1.54, 1.807) is 29.2 Å². The van der Waals surface area contributed by atoms with E-state index in [1.807, 2.05) is 0 Å². The Bertz CT molecular complexity index is 518. The number of rotatable bonds is 5. The van der Waals surface area contributed by atoms with Crippen LogP contribution in [0.2, 0.25) is 0 Å². The largest absolute Gasteiger partial charge is 0.468 e. The molecule has 1 fully saturated rings. The molecule has 0 spiro atoms. The Hall–Kier alpha value is -2.08. The van der Waals surface area contributed by atoms with Gasteiger partial charge in [0.05, 0.1) is 25.3 Å². The van der Waals surface area contributed by atoms with Crippen LogP contribution in [-0.4, -0.2) is 54.7 Å². The van der Waals surface area contributed by atoms with E-state index in [2.05, 4.69) is 10.1 Å². The van der Waals surface area contributed by atoms with Crippen LogP contribution in [0.5, 0.6) is 0 Å². The number of carbonyl (C=O) groups is 2. The lowest BCUT2D eigenvalue weighted by Crippen LogP contribution is -2.38. The van der Waals surface area contributed by atoms with Crippen LogP contribution in [0.15, 0.2) is 24.3 Å². The van der Waals surface area contributed by atoms with E-state index in [9.17, 15) is 14.7 Å². The number of esters is 1. The maximum absolute atomic E-state index is 12.6. The van der Waals surface area contributed by atoms with Crippen molar-refractivity contribution in [1.29, 1.82) is 0 Å². The summed E-state index contributed by atoms with van der Waals surface area (Å²) in [6.45, 7) is 0.628. The average Bonchev–Trinajstić information content (AvgIpc) is 3.00. The van der Waals surface area contributed by atoms with E-state index < -0.39 is 5.97 Å². The van der Waals surface area contributed by atoms with E-state index in [4.69, 9.17) is 0 Å². The van der Waals surface area contributed by atoms with Gasteiger partial charge in [-0.15, -0.1) is 0 Å². The van der Waals surface area contributed by atoms with Crippen LogP contribution < -0.4 is 5.32 Å². The van der Waals surface area contributed by atoms with Crippen molar-refractivity contribution < 1.29 is 19.4 Å². The number of para-hydroxylation sites is 1. The molecular formula is C15H20N2O4. The Balaban J connectivity index is 2.15. The van der Waals surface area contributed by atoms with Gasteiger partial charge in [0.2, 0.25) is 0 Å². The van der Waals surface area contributed by atoms with Crippen molar-refractivity contribution in [2.45, 2.75) is 18.9 Å². The molecule has 1 aromatic rings. The summed E-state index contributed by atoms with van der Waals surface area (Å²) in [5.41, 5.74) is 1.10. The predicted molar refractivity (Wildman–Crippen MR) is 78.1 cm³/mol. The quantitative estimate of drug-likeness (QED) is 0.787. The Labute approximate surface area is 123 Å². The number of likely N-dealkylation sites (tertiary alicyclic amines) is 1. The molecule has 6 nitrogen and oxygen atoms in total. The number of carbonyl (C=O) groups excluding carboxylic acids is 2. The van der Waals surface area contributed by atoms with E-state index in [-0.39, 0.29) is 25.1 Å². The third kappa shape index (κ3) is 3.52. The van der Waals surface area contributed by atoms with Gasteiger partial charge in [0.1, 0.15) is 6.54 Å². The molecule has 0 aromatic heterocycles. The van der Waals surface area contributed by atoms with E-state index >= 15 is 0 Å². The number of aliphatic hydroxyl groups is 1. The molecule has 1 aliphatic rings. The van der Waals surface area contributed by atoms with Crippen molar-refractivity contribution in [2.24, 2.45) is 0 Å². The fourth-order valence-electron chi connectivity index (χ4n) is 2.51. The zero-order chi connectivity index (χ0) is 15.2.